The van der Waals surface area contributed by atoms with Crippen LogP contribution < -0.4 is 21.5 Å². The third kappa shape index (κ3) is 2.99. The number of hydrogen-bond donors (Lipinski definition) is 2. The molecule has 7 nitrogen and oxygen atoms in total. The summed E-state index contributed by atoms with van der Waals surface area (Å²) in [4.78, 5) is 30.5. The first-order chi connectivity index (χ1) is 12.6. The predicted octanol–water partition coefficient (Wildman–Crippen LogP) is 1.48. The lowest BCUT2D eigenvalue weighted by atomic mass is 10.1. The number of amides is 1. The highest BCUT2D eigenvalue weighted by atomic mass is 16.1. The van der Waals surface area contributed by atoms with E-state index in [-0.39, 0.29) is 11.6 Å². The zero-order valence-corrected chi connectivity index (χ0v) is 14.1. The first-order valence-corrected chi connectivity index (χ1v) is 8.50. The Bertz CT molecular complexity index is 1030. The monoisotopic (exact) mass is 349 g/mol. The lowest BCUT2D eigenvalue weighted by Crippen LogP contribution is -2.29. The van der Waals surface area contributed by atoms with Gasteiger partial charge in [-0.2, -0.15) is 0 Å². The summed E-state index contributed by atoms with van der Waals surface area (Å²) in [6.07, 6.45) is 2.58. The first kappa shape index (κ1) is 16.1. The minimum atomic E-state index is -0.429. The Morgan fingerprint density at radius 1 is 1.19 bits per heavy atom. The number of aromatic nitrogens is 2. The number of nitrogens with one attached hydrogen (secondary N) is 1. The van der Waals surface area contributed by atoms with Gasteiger partial charge in [0.25, 0.3) is 11.5 Å². The maximum absolute atomic E-state index is 12.2. The van der Waals surface area contributed by atoms with Gasteiger partial charge in [-0.15, -0.1) is 0 Å². The number of pyridine rings is 1. The Hall–Kier alpha value is -3.35. The third-order valence-corrected chi connectivity index (χ3v) is 4.62. The lowest BCUT2D eigenvalue weighted by molar-refractivity contribution is 0.100. The molecule has 1 aliphatic heterocycles. The van der Waals surface area contributed by atoms with Crippen molar-refractivity contribution in [1.29, 1.82) is 0 Å². The number of carbonyl (C=O) groups is 1. The molecule has 2 aromatic heterocycles. The van der Waals surface area contributed by atoms with E-state index in [1.807, 2.05) is 24.3 Å². The van der Waals surface area contributed by atoms with E-state index in [1.165, 1.54) is 10.5 Å². The molecule has 0 bridgehead atoms. The van der Waals surface area contributed by atoms with E-state index in [9.17, 15) is 9.59 Å². The van der Waals surface area contributed by atoms with Gasteiger partial charge in [0.1, 0.15) is 11.5 Å². The Balaban J connectivity index is 1.54. The number of rotatable bonds is 4. The van der Waals surface area contributed by atoms with Gasteiger partial charge in [0.2, 0.25) is 0 Å². The number of fused-ring (bicyclic) bond motifs is 1. The smallest absolute Gasteiger partial charge is 0.259 e. The van der Waals surface area contributed by atoms with Crippen molar-refractivity contribution in [1.82, 2.24) is 9.38 Å². The molecule has 1 amide bonds. The molecule has 0 spiro atoms. The van der Waals surface area contributed by atoms with Crippen LogP contribution in [0.1, 0.15) is 16.8 Å². The molecule has 1 unspecified atom stereocenters. The molecule has 4 rings (SSSR count). The van der Waals surface area contributed by atoms with Crippen molar-refractivity contribution in [2.45, 2.75) is 12.5 Å². The van der Waals surface area contributed by atoms with Crippen LogP contribution in [0.2, 0.25) is 0 Å². The van der Waals surface area contributed by atoms with Gasteiger partial charge in [-0.05, 0) is 30.7 Å². The maximum atomic E-state index is 12.2. The molecule has 26 heavy (non-hydrogen) atoms. The SMILES string of the molecule is NC(=O)c1ccccc1N1CCC(Nc2cc(=O)n3ccccc3n2)C1. The fraction of sp³-hybridized carbons (Fsp3) is 0.211. The second kappa shape index (κ2) is 6.51. The zero-order chi connectivity index (χ0) is 18.1. The molecule has 1 aromatic carbocycles. The molecule has 1 fully saturated rings. The van der Waals surface area contributed by atoms with Crippen LogP contribution >= 0.6 is 0 Å². The Labute approximate surface area is 150 Å². The van der Waals surface area contributed by atoms with Crippen molar-refractivity contribution >= 4 is 23.1 Å². The number of nitrogens with two attached hydrogens (primary N) is 1. The molecule has 3 heterocycles. The molecular formula is C19H19N5O2. The normalized spacial score (nSPS) is 16.8. The lowest BCUT2D eigenvalue weighted by Gasteiger charge is -2.21. The molecule has 0 saturated carbocycles. The Kier molecular flexibility index (Phi) is 4.04. The van der Waals surface area contributed by atoms with E-state index in [0.717, 1.165) is 18.7 Å². The molecule has 7 heteroatoms. The molecule has 0 aliphatic carbocycles. The van der Waals surface area contributed by atoms with Crippen LogP contribution in [-0.4, -0.2) is 34.4 Å². The summed E-state index contributed by atoms with van der Waals surface area (Å²) >= 11 is 0. The number of hydrogen-bond acceptors (Lipinski definition) is 5. The van der Waals surface area contributed by atoms with Crippen molar-refractivity contribution in [3.63, 3.8) is 0 Å². The summed E-state index contributed by atoms with van der Waals surface area (Å²) in [5.74, 6) is 0.137. The summed E-state index contributed by atoms with van der Waals surface area (Å²) in [7, 11) is 0. The maximum Gasteiger partial charge on any atom is 0.259 e. The van der Waals surface area contributed by atoms with Crippen molar-refractivity contribution in [3.05, 3.63) is 70.6 Å². The Morgan fingerprint density at radius 3 is 2.85 bits per heavy atom. The number of anilines is 2. The summed E-state index contributed by atoms with van der Waals surface area (Å²) in [6.45, 7) is 1.51. The third-order valence-electron chi connectivity index (χ3n) is 4.62. The van der Waals surface area contributed by atoms with Gasteiger partial charge in [-0.1, -0.05) is 18.2 Å². The Morgan fingerprint density at radius 2 is 2.00 bits per heavy atom. The average Bonchev–Trinajstić information content (AvgIpc) is 3.10. The topological polar surface area (TPSA) is 92.7 Å². The summed E-state index contributed by atoms with van der Waals surface area (Å²) in [6, 6.07) is 14.4. The van der Waals surface area contributed by atoms with E-state index in [4.69, 9.17) is 5.73 Å². The van der Waals surface area contributed by atoms with E-state index >= 15 is 0 Å². The highest BCUT2D eigenvalue weighted by molar-refractivity contribution is 5.98. The van der Waals surface area contributed by atoms with Gasteiger partial charge in [-0.3, -0.25) is 14.0 Å². The number of nitrogens with zero attached hydrogens (tertiary/aromatic N) is 3. The molecule has 3 aromatic rings. The molecule has 1 aliphatic rings. The van der Waals surface area contributed by atoms with Crippen LogP contribution in [0.15, 0.2) is 59.5 Å². The summed E-state index contributed by atoms with van der Waals surface area (Å²) in [5.41, 5.74) is 7.34. The van der Waals surface area contributed by atoms with Gasteiger partial charge in [0.05, 0.1) is 5.56 Å². The number of primary amides is 1. The van der Waals surface area contributed by atoms with Crippen LogP contribution in [0.4, 0.5) is 11.5 Å². The highest BCUT2D eigenvalue weighted by Gasteiger charge is 2.25. The van der Waals surface area contributed by atoms with E-state index in [1.54, 1.807) is 24.4 Å². The van der Waals surface area contributed by atoms with Crippen LogP contribution in [0, 0.1) is 0 Å². The van der Waals surface area contributed by atoms with Crippen LogP contribution in [0.3, 0.4) is 0 Å². The predicted molar refractivity (Wildman–Crippen MR) is 101 cm³/mol. The van der Waals surface area contributed by atoms with Crippen molar-refractivity contribution in [2.75, 3.05) is 23.3 Å². The fourth-order valence-electron chi connectivity index (χ4n) is 3.39. The van der Waals surface area contributed by atoms with Crippen molar-refractivity contribution in [2.24, 2.45) is 5.73 Å². The molecule has 3 N–H and O–H groups in total. The van der Waals surface area contributed by atoms with Gasteiger partial charge >= 0.3 is 0 Å². The molecule has 0 radical (unpaired) electrons. The highest BCUT2D eigenvalue weighted by Crippen LogP contribution is 2.25. The molecular weight excluding hydrogens is 330 g/mol. The minimum absolute atomic E-state index is 0.118. The van der Waals surface area contributed by atoms with E-state index < -0.39 is 5.91 Å². The largest absolute Gasteiger partial charge is 0.369 e. The first-order valence-electron chi connectivity index (χ1n) is 8.50. The number of carbonyl (C=O) groups excluding carboxylic acids is 1. The van der Waals surface area contributed by atoms with Gasteiger partial charge in [-0.25, -0.2) is 4.98 Å². The van der Waals surface area contributed by atoms with Crippen LogP contribution in [0.25, 0.3) is 5.65 Å². The molecule has 132 valence electrons. The van der Waals surface area contributed by atoms with Crippen molar-refractivity contribution in [3.8, 4) is 0 Å². The summed E-state index contributed by atoms with van der Waals surface area (Å²) in [5, 5.41) is 3.34. The standard InChI is InChI=1S/C19H19N5O2/c20-19(26)14-5-1-2-6-15(14)23-10-8-13(12-23)21-16-11-18(25)24-9-4-3-7-17(24)22-16/h1-7,9,11,13,21H,8,10,12H2,(H2,20,26). The quantitative estimate of drug-likeness (QED) is 0.744. The summed E-state index contributed by atoms with van der Waals surface area (Å²) < 4.78 is 1.51. The molecule has 1 atom stereocenters. The van der Waals surface area contributed by atoms with Gasteiger partial charge < -0.3 is 16.0 Å². The van der Waals surface area contributed by atoms with Crippen molar-refractivity contribution < 1.29 is 4.79 Å². The van der Waals surface area contributed by atoms with Crippen LogP contribution in [0.5, 0.6) is 0 Å². The van der Waals surface area contributed by atoms with E-state index in [0.29, 0.717) is 23.6 Å². The van der Waals surface area contributed by atoms with Gasteiger partial charge in [0.15, 0.2) is 0 Å². The van der Waals surface area contributed by atoms with E-state index in [2.05, 4.69) is 15.2 Å². The number of benzene rings is 1. The fourth-order valence-corrected chi connectivity index (χ4v) is 3.39. The average molecular weight is 349 g/mol. The molecule has 1 saturated heterocycles. The number of para-hydroxylation sites is 1. The second-order valence-corrected chi connectivity index (χ2v) is 6.37. The zero-order valence-electron chi connectivity index (χ0n) is 14.1. The van der Waals surface area contributed by atoms with Crippen LogP contribution in [-0.2, 0) is 0 Å². The van der Waals surface area contributed by atoms with Gasteiger partial charge in [0, 0.05) is 37.1 Å². The second-order valence-electron chi connectivity index (χ2n) is 6.37. The minimum Gasteiger partial charge on any atom is -0.369 e.